The van der Waals surface area contributed by atoms with Crippen molar-refractivity contribution in [1.82, 2.24) is 0 Å². The summed E-state index contributed by atoms with van der Waals surface area (Å²) in [6.45, 7) is 1.88. The fourth-order valence-electron chi connectivity index (χ4n) is 1.61. The van der Waals surface area contributed by atoms with Crippen LogP contribution >= 0.6 is 11.6 Å². The number of ketones is 1. The molecule has 2 aromatic carbocycles. The second kappa shape index (κ2) is 4.60. The van der Waals surface area contributed by atoms with Crippen LogP contribution in [0.2, 0.25) is 5.02 Å². The van der Waals surface area contributed by atoms with Crippen molar-refractivity contribution in [2.75, 3.05) is 5.73 Å². The first-order valence-electron chi connectivity index (χ1n) is 5.25. The van der Waals surface area contributed by atoms with Gasteiger partial charge in [0, 0.05) is 16.8 Å². The van der Waals surface area contributed by atoms with Crippen LogP contribution in [0.3, 0.4) is 0 Å². The van der Waals surface area contributed by atoms with E-state index in [0.29, 0.717) is 21.8 Å². The minimum atomic E-state index is -0.0845. The number of hydrogen-bond donors (Lipinski definition) is 1. The molecule has 0 aromatic heterocycles. The monoisotopic (exact) mass is 245 g/mol. The fraction of sp³-hybridized carbons (Fsp3) is 0.0714. The Kier molecular flexibility index (Phi) is 3.16. The van der Waals surface area contributed by atoms with Crippen LogP contribution in [0.1, 0.15) is 21.5 Å². The molecule has 0 heterocycles. The maximum Gasteiger partial charge on any atom is 0.194 e. The molecule has 17 heavy (non-hydrogen) atoms. The molecule has 0 atom stereocenters. The van der Waals surface area contributed by atoms with Gasteiger partial charge in [0.05, 0.1) is 5.02 Å². The van der Waals surface area contributed by atoms with E-state index in [2.05, 4.69) is 0 Å². The zero-order valence-corrected chi connectivity index (χ0v) is 10.2. The van der Waals surface area contributed by atoms with E-state index in [9.17, 15) is 4.79 Å². The summed E-state index contributed by atoms with van der Waals surface area (Å²) >= 11 is 6.12. The summed E-state index contributed by atoms with van der Waals surface area (Å²) in [6, 6.07) is 12.3. The molecule has 0 saturated carbocycles. The van der Waals surface area contributed by atoms with E-state index in [-0.39, 0.29) is 5.78 Å². The minimum absolute atomic E-state index is 0.0845. The second-order valence-corrected chi connectivity index (χ2v) is 4.27. The van der Waals surface area contributed by atoms with Gasteiger partial charge in [-0.1, -0.05) is 23.7 Å². The van der Waals surface area contributed by atoms with Crippen LogP contribution < -0.4 is 5.73 Å². The van der Waals surface area contributed by atoms with E-state index in [1.54, 1.807) is 30.3 Å². The highest BCUT2D eigenvalue weighted by Crippen LogP contribution is 2.23. The predicted octanol–water partition coefficient (Wildman–Crippen LogP) is 3.46. The van der Waals surface area contributed by atoms with Crippen LogP contribution in [0.15, 0.2) is 42.5 Å². The standard InChI is InChI=1S/C14H12ClNO/c1-9-3-2-4-12(13(9)15)14(17)10-5-7-11(16)8-6-10/h2-8H,16H2,1H3. The number of carbonyl (C=O) groups excluding carboxylic acids is 1. The van der Waals surface area contributed by atoms with Gasteiger partial charge >= 0.3 is 0 Å². The number of aryl methyl sites for hydroxylation is 1. The lowest BCUT2D eigenvalue weighted by molar-refractivity contribution is 0.103. The number of benzene rings is 2. The highest BCUT2D eigenvalue weighted by atomic mass is 35.5. The molecular formula is C14H12ClNO. The topological polar surface area (TPSA) is 43.1 Å². The first-order chi connectivity index (χ1) is 8.09. The second-order valence-electron chi connectivity index (χ2n) is 3.89. The molecule has 3 heteroatoms. The maximum absolute atomic E-state index is 12.2. The smallest absolute Gasteiger partial charge is 0.194 e. The van der Waals surface area contributed by atoms with Gasteiger partial charge in [-0.15, -0.1) is 0 Å². The third-order valence-electron chi connectivity index (χ3n) is 2.61. The van der Waals surface area contributed by atoms with E-state index in [4.69, 9.17) is 17.3 Å². The van der Waals surface area contributed by atoms with Gasteiger partial charge in [-0.3, -0.25) is 4.79 Å². The first-order valence-corrected chi connectivity index (χ1v) is 5.63. The van der Waals surface area contributed by atoms with Gasteiger partial charge in [-0.2, -0.15) is 0 Å². The van der Waals surface area contributed by atoms with Crippen LogP contribution in [-0.4, -0.2) is 5.78 Å². The van der Waals surface area contributed by atoms with Gasteiger partial charge in [-0.05, 0) is 42.8 Å². The molecule has 86 valence electrons. The van der Waals surface area contributed by atoms with Crippen LogP contribution in [0.5, 0.6) is 0 Å². The van der Waals surface area contributed by atoms with Crippen molar-refractivity contribution < 1.29 is 4.79 Å². The van der Waals surface area contributed by atoms with E-state index >= 15 is 0 Å². The molecule has 0 fully saturated rings. The molecular weight excluding hydrogens is 234 g/mol. The maximum atomic E-state index is 12.2. The molecule has 0 amide bonds. The predicted molar refractivity (Wildman–Crippen MR) is 70.5 cm³/mol. The van der Waals surface area contributed by atoms with Crippen LogP contribution in [0, 0.1) is 6.92 Å². The quantitative estimate of drug-likeness (QED) is 0.650. The molecule has 0 aliphatic rings. The zero-order chi connectivity index (χ0) is 12.4. The number of anilines is 1. The van der Waals surface area contributed by atoms with Crippen molar-refractivity contribution in [2.24, 2.45) is 0 Å². The SMILES string of the molecule is Cc1cccc(C(=O)c2ccc(N)cc2)c1Cl. The fourth-order valence-corrected chi connectivity index (χ4v) is 1.82. The van der Waals surface area contributed by atoms with Crippen molar-refractivity contribution in [3.05, 3.63) is 64.2 Å². The van der Waals surface area contributed by atoms with Gasteiger partial charge in [0.1, 0.15) is 0 Å². The number of nitrogen functional groups attached to an aromatic ring is 1. The van der Waals surface area contributed by atoms with Crippen LogP contribution in [0.25, 0.3) is 0 Å². The van der Waals surface area contributed by atoms with Crippen molar-refractivity contribution in [3.63, 3.8) is 0 Å². The van der Waals surface area contributed by atoms with Crippen molar-refractivity contribution in [3.8, 4) is 0 Å². The Morgan fingerprint density at radius 3 is 2.41 bits per heavy atom. The van der Waals surface area contributed by atoms with Gasteiger partial charge in [-0.25, -0.2) is 0 Å². The molecule has 0 unspecified atom stereocenters. The molecule has 0 spiro atoms. The Balaban J connectivity index is 2.44. The normalized spacial score (nSPS) is 10.2. The van der Waals surface area contributed by atoms with Gasteiger partial charge < -0.3 is 5.73 Å². The van der Waals surface area contributed by atoms with E-state index in [1.807, 2.05) is 19.1 Å². The van der Waals surface area contributed by atoms with Gasteiger partial charge in [0.15, 0.2) is 5.78 Å². The molecule has 2 rings (SSSR count). The summed E-state index contributed by atoms with van der Waals surface area (Å²) in [6.07, 6.45) is 0. The first kappa shape index (κ1) is 11.7. The number of halogens is 1. The average molecular weight is 246 g/mol. The van der Waals surface area contributed by atoms with Crippen molar-refractivity contribution in [2.45, 2.75) is 6.92 Å². The third-order valence-corrected chi connectivity index (χ3v) is 3.11. The third kappa shape index (κ3) is 2.32. The average Bonchev–Trinajstić information content (AvgIpc) is 2.33. The highest BCUT2D eigenvalue weighted by Gasteiger charge is 2.13. The summed E-state index contributed by atoms with van der Waals surface area (Å²) in [5.41, 5.74) is 8.23. The number of carbonyl (C=O) groups is 1. The summed E-state index contributed by atoms with van der Waals surface area (Å²) in [5.74, 6) is -0.0845. The molecule has 2 aromatic rings. The highest BCUT2D eigenvalue weighted by molar-refractivity contribution is 6.35. The molecule has 0 aliphatic carbocycles. The van der Waals surface area contributed by atoms with Crippen molar-refractivity contribution >= 4 is 23.1 Å². The lowest BCUT2D eigenvalue weighted by Gasteiger charge is -2.06. The molecule has 0 saturated heterocycles. The Morgan fingerprint density at radius 1 is 1.12 bits per heavy atom. The van der Waals surface area contributed by atoms with E-state index < -0.39 is 0 Å². The molecule has 2 nitrogen and oxygen atoms in total. The van der Waals surface area contributed by atoms with Gasteiger partial charge in [0.25, 0.3) is 0 Å². The van der Waals surface area contributed by atoms with E-state index in [0.717, 1.165) is 5.56 Å². The van der Waals surface area contributed by atoms with Crippen LogP contribution in [0.4, 0.5) is 5.69 Å². The Hall–Kier alpha value is -1.80. The van der Waals surface area contributed by atoms with Gasteiger partial charge in [0.2, 0.25) is 0 Å². The molecule has 0 aliphatic heterocycles. The summed E-state index contributed by atoms with van der Waals surface area (Å²) < 4.78 is 0. The van der Waals surface area contributed by atoms with E-state index in [1.165, 1.54) is 0 Å². The summed E-state index contributed by atoms with van der Waals surface area (Å²) in [4.78, 5) is 12.2. The zero-order valence-electron chi connectivity index (χ0n) is 9.41. The largest absolute Gasteiger partial charge is 0.399 e. The lowest BCUT2D eigenvalue weighted by atomic mass is 10.0. The molecule has 2 N–H and O–H groups in total. The number of rotatable bonds is 2. The summed E-state index contributed by atoms with van der Waals surface area (Å²) in [7, 11) is 0. The Labute approximate surface area is 105 Å². The Morgan fingerprint density at radius 2 is 1.76 bits per heavy atom. The lowest BCUT2D eigenvalue weighted by Crippen LogP contribution is -2.03. The minimum Gasteiger partial charge on any atom is -0.399 e. The van der Waals surface area contributed by atoms with Crippen LogP contribution in [-0.2, 0) is 0 Å². The Bertz CT molecular complexity index is 561. The van der Waals surface area contributed by atoms with Crippen molar-refractivity contribution in [1.29, 1.82) is 0 Å². The summed E-state index contributed by atoms with van der Waals surface area (Å²) in [5, 5.41) is 0.509. The number of nitrogens with two attached hydrogens (primary N) is 1. The molecule has 0 radical (unpaired) electrons. The number of hydrogen-bond acceptors (Lipinski definition) is 2. The molecule has 0 bridgehead atoms.